The Morgan fingerprint density at radius 1 is 1.41 bits per heavy atom. The molecule has 5 nitrogen and oxygen atoms in total. The van der Waals surface area contributed by atoms with Gasteiger partial charge in [0.2, 0.25) is 5.91 Å². The van der Waals surface area contributed by atoms with E-state index in [2.05, 4.69) is 10.4 Å². The zero-order valence-electron chi connectivity index (χ0n) is 13.0. The fraction of sp³-hybridized carbons (Fsp3) is 0.714. The number of aromatic nitrogens is 2. The summed E-state index contributed by atoms with van der Waals surface area (Å²) in [5.41, 5.74) is 1.49. The van der Waals surface area contributed by atoms with E-state index in [0.717, 1.165) is 11.2 Å². The summed E-state index contributed by atoms with van der Waals surface area (Å²) in [6.07, 6.45) is -4.22. The molecule has 0 spiro atoms. The van der Waals surface area contributed by atoms with E-state index < -0.39 is 12.7 Å². The Bertz CT molecular complexity index is 553. The van der Waals surface area contributed by atoms with Gasteiger partial charge in [0, 0.05) is 36.9 Å². The summed E-state index contributed by atoms with van der Waals surface area (Å²) in [6, 6.07) is 0.229. The van der Waals surface area contributed by atoms with Crippen LogP contribution in [-0.2, 0) is 17.8 Å². The number of aryl methyl sites for hydroxylation is 1. The van der Waals surface area contributed by atoms with Gasteiger partial charge in [-0.05, 0) is 20.8 Å². The van der Waals surface area contributed by atoms with E-state index >= 15 is 0 Å². The number of alkyl halides is 3. The zero-order valence-corrected chi connectivity index (χ0v) is 13.0. The van der Waals surface area contributed by atoms with E-state index in [1.54, 1.807) is 18.7 Å². The van der Waals surface area contributed by atoms with Crippen LogP contribution in [0.3, 0.4) is 0 Å². The predicted molar refractivity (Wildman–Crippen MR) is 75.5 cm³/mol. The van der Waals surface area contributed by atoms with E-state index in [1.807, 2.05) is 6.92 Å². The number of nitrogens with one attached hydrogen (secondary N) is 1. The largest absolute Gasteiger partial charge is 0.408 e. The molecule has 1 aliphatic rings. The van der Waals surface area contributed by atoms with Crippen LogP contribution < -0.4 is 5.32 Å². The highest BCUT2D eigenvalue weighted by atomic mass is 19.4. The summed E-state index contributed by atoms with van der Waals surface area (Å²) in [4.78, 5) is 14.1. The number of rotatable bonds is 3. The van der Waals surface area contributed by atoms with Gasteiger partial charge in [-0.25, -0.2) is 0 Å². The first-order valence-electron chi connectivity index (χ1n) is 7.28. The van der Waals surface area contributed by atoms with Gasteiger partial charge in [-0.3, -0.25) is 9.48 Å². The molecule has 1 fully saturated rings. The molecule has 0 unspecified atom stereocenters. The Morgan fingerprint density at radius 3 is 2.68 bits per heavy atom. The molecule has 8 heteroatoms. The molecule has 0 radical (unpaired) electrons. The maximum Gasteiger partial charge on any atom is 0.408 e. The Kier molecular flexibility index (Phi) is 4.79. The highest BCUT2D eigenvalue weighted by Crippen LogP contribution is 2.21. The molecule has 1 saturated heterocycles. The van der Waals surface area contributed by atoms with Gasteiger partial charge in [-0.15, -0.1) is 0 Å². The maximum atomic E-state index is 12.5. The molecule has 2 heterocycles. The topological polar surface area (TPSA) is 50.2 Å². The van der Waals surface area contributed by atoms with E-state index in [9.17, 15) is 18.0 Å². The Balaban J connectivity index is 2.11. The first kappa shape index (κ1) is 16.8. The van der Waals surface area contributed by atoms with Crippen molar-refractivity contribution in [1.29, 1.82) is 0 Å². The van der Waals surface area contributed by atoms with Gasteiger partial charge in [-0.1, -0.05) is 0 Å². The van der Waals surface area contributed by atoms with E-state index in [1.165, 1.54) is 0 Å². The summed E-state index contributed by atoms with van der Waals surface area (Å²) < 4.78 is 38.5. The van der Waals surface area contributed by atoms with Crippen molar-refractivity contribution in [3.8, 4) is 0 Å². The number of halogens is 3. The molecule has 0 bridgehead atoms. The minimum Gasteiger partial charge on any atom is -0.340 e. The smallest absolute Gasteiger partial charge is 0.340 e. The number of hydrogen-bond donors (Lipinski definition) is 1. The molecule has 2 rings (SSSR count). The summed E-state index contributed by atoms with van der Waals surface area (Å²) in [5.74, 6) is -0.0638. The molecule has 0 saturated carbocycles. The van der Waals surface area contributed by atoms with Crippen molar-refractivity contribution in [1.82, 2.24) is 20.0 Å². The number of nitrogens with zero attached hydrogens (tertiary/aromatic N) is 3. The second-order valence-electron chi connectivity index (χ2n) is 5.79. The van der Waals surface area contributed by atoms with Crippen LogP contribution in [-0.4, -0.2) is 52.4 Å². The quantitative estimate of drug-likeness (QED) is 0.917. The molecular formula is C14H21F3N4O. The molecule has 124 valence electrons. The van der Waals surface area contributed by atoms with Crippen molar-refractivity contribution in [2.45, 2.75) is 46.0 Å². The van der Waals surface area contributed by atoms with Crippen LogP contribution >= 0.6 is 0 Å². The summed E-state index contributed by atoms with van der Waals surface area (Å²) >= 11 is 0. The van der Waals surface area contributed by atoms with Gasteiger partial charge in [0.25, 0.3) is 0 Å². The second-order valence-corrected chi connectivity index (χ2v) is 5.79. The Hall–Kier alpha value is -1.57. The average Bonchev–Trinajstić information content (AvgIpc) is 2.64. The third-order valence-electron chi connectivity index (χ3n) is 3.91. The normalized spacial score (nSPS) is 19.5. The SMILES string of the molecule is Cc1nn(CC(F)(F)F)c(C)c1CC(=O)N1CCN[C@H](C)C1. The fourth-order valence-corrected chi connectivity index (χ4v) is 2.74. The first-order valence-corrected chi connectivity index (χ1v) is 7.28. The fourth-order valence-electron chi connectivity index (χ4n) is 2.74. The summed E-state index contributed by atoms with van der Waals surface area (Å²) in [7, 11) is 0. The van der Waals surface area contributed by atoms with Crippen LogP contribution in [0.1, 0.15) is 23.9 Å². The van der Waals surface area contributed by atoms with Crippen LogP contribution in [0.15, 0.2) is 0 Å². The molecule has 1 N–H and O–H groups in total. The molecule has 0 aromatic carbocycles. The van der Waals surface area contributed by atoms with Crippen LogP contribution in [0, 0.1) is 13.8 Å². The minimum absolute atomic E-state index is 0.0638. The highest BCUT2D eigenvalue weighted by Gasteiger charge is 2.30. The van der Waals surface area contributed by atoms with E-state index in [-0.39, 0.29) is 18.4 Å². The van der Waals surface area contributed by atoms with Gasteiger partial charge in [0.1, 0.15) is 6.54 Å². The first-order chi connectivity index (χ1) is 10.2. The molecule has 0 aliphatic carbocycles. The van der Waals surface area contributed by atoms with Crippen LogP contribution in [0.4, 0.5) is 13.2 Å². The van der Waals surface area contributed by atoms with Gasteiger partial charge in [0.15, 0.2) is 0 Å². The van der Waals surface area contributed by atoms with Gasteiger partial charge < -0.3 is 10.2 Å². The van der Waals surface area contributed by atoms with Crippen molar-refractivity contribution in [3.63, 3.8) is 0 Å². The van der Waals surface area contributed by atoms with Gasteiger partial charge in [-0.2, -0.15) is 18.3 Å². The number of piperazine rings is 1. The third-order valence-corrected chi connectivity index (χ3v) is 3.91. The molecule has 22 heavy (non-hydrogen) atoms. The average molecular weight is 318 g/mol. The second kappa shape index (κ2) is 6.28. The van der Waals surface area contributed by atoms with E-state index in [4.69, 9.17) is 0 Å². The lowest BCUT2D eigenvalue weighted by atomic mass is 10.1. The summed E-state index contributed by atoms with van der Waals surface area (Å²) in [6.45, 7) is 6.07. The molecule has 1 aliphatic heterocycles. The van der Waals surface area contributed by atoms with Crippen molar-refractivity contribution in [2.75, 3.05) is 19.6 Å². The number of carbonyl (C=O) groups excluding carboxylic acids is 1. The monoisotopic (exact) mass is 318 g/mol. The number of carbonyl (C=O) groups is 1. The van der Waals surface area contributed by atoms with Crippen LogP contribution in [0.25, 0.3) is 0 Å². The van der Waals surface area contributed by atoms with Crippen LogP contribution in [0.2, 0.25) is 0 Å². The van der Waals surface area contributed by atoms with E-state index in [0.29, 0.717) is 30.0 Å². The van der Waals surface area contributed by atoms with Crippen molar-refractivity contribution in [3.05, 3.63) is 17.0 Å². The minimum atomic E-state index is -4.32. The third kappa shape index (κ3) is 4.00. The summed E-state index contributed by atoms with van der Waals surface area (Å²) in [5, 5.41) is 7.17. The van der Waals surface area contributed by atoms with Crippen molar-refractivity contribution < 1.29 is 18.0 Å². The highest BCUT2D eigenvalue weighted by molar-refractivity contribution is 5.79. The number of hydrogen-bond acceptors (Lipinski definition) is 3. The van der Waals surface area contributed by atoms with Crippen molar-refractivity contribution in [2.24, 2.45) is 0 Å². The zero-order chi connectivity index (χ0) is 16.5. The number of amides is 1. The maximum absolute atomic E-state index is 12.5. The molecular weight excluding hydrogens is 297 g/mol. The van der Waals surface area contributed by atoms with Gasteiger partial charge >= 0.3 is 6.18 Å². The lowest BCUT2D eigenvalue weighted by molar-refractivity contribution is -0.143. The standard InChI is InChI=1S/C14H21F3N4O/c1-9-7-20(5-4-18-9)13(22)6-12-10(2)19-21(11(12)3)8-14(15,16)17/h9,18H,4-8H2,1-3H3/t9-/m1/s1. The lowest BCUT2D eigenvalue weighted by Crippen LogP contribution is -2.51. The Morgan fingerprint density at radius 2 is 2.09 bits per heavy atom. The lowest BCUT2D eigenvalue weighted by Gasteiger charge is -2.32. The van der Waals surface area contributed by atoms with Gasteiger partial charge in [0.05, 0.1) is 12.1 Å². The Labute approximate surface area is 127 Å². The van der Waals surface area contributed by atoms with Crippen molar-refractivity contribution >= 4 is 5.91 Å². The molecule has 1 aromatic rings. The molecule has 1 atom stereocenters. The molecule has 1 aromatic heterocycles. The van der Waals surface area contributed by atoms with Crippen LogP contribution in [0.5, 0.6) is 0 Å². The molecule has 1 amide bonds. The predicted octanol–water partition coefficient (Wildman–Crippen LogP) is 1.43.